The molecule has 6 nitrogen and oxygen atoms in total. The molecule has 0 saturated heterocycles. The van der Waals surface area contributed by atoms with Gasteiger partial charge in [0.15, 0.2) is 0 Å². The maximum Gasteiger partial charge on any atom is 0.227 e. The minimum Gasteiger partial charge on any atom is -0.439 e. The number of benzene rings is 2. The third kappa shape index (κ3) is 6.63. The van der Waals surface area contributed by atoms with Crippen LogP contribution in [-0.4, -0.2) is 51.7 Å². The normalized spacial score (nSPS) is 12.5. The third-order valence-corrected chi connectivity index (χ3v) is 5.43. The number of halogens is 1. The molecule has 3 rings (SSSR count). The smallest absolute Gasteiger partial charge is 0.227 e. The Morgan fingerprint density at radius 3 is 2.36 bits per heavy atom. The van der Waals surface area contributed by atoms with Crippen molar-refractivity contribution in [2.45, 2.75) is 52.8 Å². The minimum atomic E-state index is -0.594. The van der Waals surface area contributed by atoms with Crippen molar-refractivity contribution in [2.75, 3.05) is 19.8 Å². The molecule has 0 fully saturated rings. The molecule has 2 aromatic carbocycles. The van der Waals surface area contributed by atoms with Crippen LogP contribution in [0.3, 0.4) is 0 Å². The Hall–Kier alpha value is -2.74. The van der Waals surface area contributed by atoms with Gasteiger partial charge >= 0.3 is 0 Å². The van der Waals surface area contributed by atoms with Gasteiger partial charge in [-0.25, -0.2) is 9.07 Å². The number of ether oxygens (including phenoxy) is 2. The highest BCUT2D eigenvalue weighted by Gasteiger charge is 2.25. The fourth-order valence-electron chi connectivity index (χ4n) is 3.62. The average Bonchev–Trinajstić information content (AvgIpc) is 3.16. The summed E-state index contributed by atoms with van der Waals surface area (Å²) in [5.41, 5.74) is 2.74. The van der Waals surface area contributed by atoms with E-state index in [4.69, 9.17) is 14.6 Å². The molecule has 0 spiro atoms. The molecular weight excluding hydrogens is 421 g/mol. The van der Waals surface area contributed by atoms with E-state index in [1.54, 1.807) is 16.8 Å². The van der Waals surface area contributed by atoms with Crippen molar-refractivity contribution in [2.24, 2.45) is 0 Å². The number of hydrogen-bond donors (Lipinski definition) is 1. The van der Waals surface area contributed by atoms with Crippen LogP contribution in [0.5, 0.6) is 11.6 Å². The van der Waals surface area contributed by atoms with Crippen LogP contribution in [0.1, 0.15) is 39.0 Å². The van der Waals surface area contributed by atoms with Gasteiger partial charge in [-0.15, -0.1) is 0 Å². The van der Waals surface area contributed by atoms with Crippen LogP contribution in [0.4, 0.5) is 4.39 Å². The first kappa shape index (κ1) is 24.9. The summed E-state index contributed by atoms with van der Waals surface area (Å²) in [6.45, 7) is 10.0. The fraction of sp³-hybridized carbons (Fsp3) is 0.423. The molecule has 1 aromatic heterocycles. The lowest BCUT2D eigenvalue weighted by atomic mass is 10.1. The Morgan fingerprint density at radius 2 is 1.76 bits per heavy atom. The van der Waals surface area contributed by atoms with Gasteiger partial charge in [0.1, 0.15) is 11.6 Å². The molecule has 1 atom stereocenters. The number of aliphatic hydroxyl groups is 1. The van der Waals surface area contributed by atoms with E-state index >= 15 is 0 Å². The molecule has 1 N–H and O–H groups in total. The standard InChI is InChI=1S/C26H34FN3O3/c1-5-25-24(17-29(19(3)4)16-22(31)18-32-6-2)26(33-23-14-12-20(27)13-15-23)30(28-25)21-10-8-7-9-11-21/h7-15,19,22,31H,5-6,16-18H2,1-4H3. The molecule has 1 heterocycles. The predicted molar refractivity (Wildman–Crippen MR) is 127 cm³/mol. The van der Waals surface area contributed by atoms with Crippen molar-refractivity contribution in [1.82, 2.24) is 14.7 Å². The van der Waals surface area contributed by atoms with Gasteiger partial charge in [0.05, 0.1) is 29.7 Å². The summed E-state index contributed by atoms with van der Waals surface area (Å²) in [7, 11) is 0. The molecule has 0 aliphatic heterocycles. The quantitative estimate of drug-likeness (QED) is 0.418. The highest BCUT2D eigenvalue weighted by atomic mass is 19.1. The highest BCUT2D eigenvalue weighted by molar-refractivity contribution is 5.43. The predicted octanol–water partition coefficient (Wildman–Crippen LogP) is 4.97. The Kier molecular flexibility index (Phi) is 9.00. The summed E-state index contributed by atoms with van der Waals surface area (Å²) in [4.78, 5) is 2.19. The van der Waals surface area contributed by atoms with E-state index in [0.29, 0.717) is 37.9 Å². The molecule has 0 saturated carbocycles. The van der Waals surface area contributed by atoms with Crippen molar-refractivity contribution < 1.29 is 19.0 Å². The SMILES string of the molecule is CCOCC(O)CN(Cc1c(CC)nn(-c2ccccc2)c1Oc1ccc(F)cc1)C(C)C. The first-order valence-electron chi connectivity index (χ1n) is 11.5. The Labute approximate surface area is 195 Å². The molecular formula is C26H34FN3O3. The molecule has 7 heteroatoms. The van der Waals surface area contributed by atoms with Crippen molar-refractivity contribution in [3.05, 3.63) is 71.7 Å². The van der Waals surface area contributed by atoms with Gasteiger partial charge in [-0.05, 0) is 63.6 Å². The third-order valence-electron chi connectivity index (χ3n) is 5.43. The maximum atomic E-state index is 13.5. The van der Waals surface area contributed by atoms with E-state index in [9.17, 15) is 9.50 Å². The summed E-state index contributed by atoms with van der Waals surface area (Å²) >= 11 is 0. The maximum absolute atomic E-state index is 13.5. The molecule has 33 heavy (non-hydrogen) atoms. The average molecular weight is 456 g/mol. The molecule has 178 valence electrons. The summed E-state index contributed by atoms with van der Waals surface area (Å²) in [5.74, 6) is 0.808. The fourth-order valence-corrected chi connectivity index (χ4v) is 3.62. The van der Waals surface area contributed by atoms with E-state index < -0.39 is 6.10 Å². The van der Waals surface area contributed by atoms with Gasteiger partial charge in [-0.2, -0.15) is 5.10 Å². The molecule has 0 aliphatic rings. The summed E-state index contributed by atoms with van der Waals surface area (Å²) in [6.07, 6.45) is 0.130. The number of nitrogens with zero attached hydrogens (tertiary/aromatic N) is 3. The second-order valence-corrected chi connectivity index (χ2v) is 8.22. The van der Waals surface area contributed by atoms with Gasteiger partial charge in [0.2, 0.25) is 5.88 Å². The Morgan fingerprint density at radius 1 is 1.06 bits per heavy atom. The Bertz CT molecular complexity index is 990. The van der Waals surface area contributed by atoms with E-state index in [-0.39, 0.29) is 11.9 Å². The number of rotatable bonds is 12. The monoisotopic (exact) mass is 455 g/mol. The molecule has 3 aromatic rings. The van der Waals surface area contributed by atoms with Crippen molar-refractivity contribution in [1.29, 1.82) is 0 Å². The lowest BCUT2D eigenvalue weighted by Gasteiger charge is -2.29. The van der Waals surface area contributed by atoms with Gasteiger partial charge < -0.3 is 14.6 Å². The zero-order valence-electron chi connectivity index (χ0n) is 19.9. The van der Waals surface area contributed by atoms with Crippen LogP contribution in [0.25, 0.3) is 5.69 Å². The van der Waals surface area contributed by atoms with Crippen LogP contribution in [-0.2, 0) is 17.7 Å². The van der Waals surface area contributed by atoms with Crippen LogP contribution in [0.2, 0.25) is 0 Å². The molecule has 1 unspecified atom stereocenters. The largest absolute Gasteiger partial charge is 0.439 e. The molecule has 0 aliphatic carbocycles. The second-order valence-electron chi connectivity index (χ2n) is 8.22. The summed E-state index contributed by atoms with van der Waals surface area (Å²) in [5, 5.41) is 15.3. The molecule has 0 amide bonds. The van der Waals surface area contributed by atoms with Crippen LogP contribution >= 0.6 is 0 Å². The number of hydrogen-bond acceptors (Lipinski definition) is 5. The highest BCUT2D eigenvalue weighted by Crippen LogP contribution is 2.32. The zero-order valence-corrected chi connectivity index (χ0v) is 19.9. The first-order chi connectivity index (χ1) is 15.9. The van der Waals surface area contributed by atoms with E-state index in [1.807, 2.05) is 37.3 Å². The van der Waals surface area contributed by atoms with E-state index in [1.165, 1.54) is 12.1 Å². The second kappa shape index (κ2) is 11.9. The number of para-hydroxylation sites is 1. The topological polar surface area (TPSA) is 59.8 Å². The minimum absolute atomic E-state index is 0.185. The van der Waals surface area contributed by atoms with Gasteiger partial charge in [0, 0.05) is 25.7 Å². The van der Waals surface area contributed by atoms with Crippen LogP contribution in [0, 0.1) is 5.82 Å². The van der Waals surface area contributed by atoms with Crippen molar-refractivity contribution >= 4 is 0 Å². The van der Waals surface area contributed by atoms with Gasteiger partial charge in [0.25, 0.3) is 0 Å². The van der Waals surface area contributed by atoms with Crippen molar-refractivity contribution in [3.8, 4) is 17.3 Å². The first-order valence-corrected chi connectivity index (χ1v) is 11.5. The number of aryl methyl sites for hydroxylation is 1. The van der Waals surface area contributed by atoms with E-state index in [0.717, 1.165) is 23.4 Å². The lowest BCUT2D eigenvalue weighted by Crippen LogP contribution is -2.39. The van der Waals surface area contributed by atoms with Gasteiger partial charge in [-0.3, -0.25) is 4.90 Å². The summed E-state index contributed by atoms with van der Waals surface area (Å²) < 4.78 is 27.0. The summed E-state index contributed by atoms with van der Waals surface area (Å²) in [6, 6.07) is 16.0. The molecule has 0 radical (unpaired) electrons. The van der Waals surface area contributed by atoms with Crippen molar-refractivity contribution in [3.63, 3.8) is 0 Å². The number of aromatic nitrogens is 2. The van der Waals surface area contributed by atoms with Crippen LogP contribution in [0.15, 0.2) is 54.6 Å². The zero-order chi connectivity index (χ0) is 23.8. The lowest BCUT2D eigenvalue weighted by molar-refractivity contribution is 0.0131. The number of aliphatic hydroxyl groups excluding tert-OH is 1. The van der Waals surface area contributed by atoms with E-state index in [2.05, 4.69) is 25.7 Å². The van der Waals surface area contributed by atoms with Gasteiger partial charge in [-0.1, -0.05) is 25.1 Å². The van der Waals surface area contributed by atoms with Crippen LogP contribution < -0.4 is 4.74 Å². The molecule has 0 bridgehead atoms. The Balaban J connectivity index is 2.00.